The minimum atomic E-state index is -1.09. The molecule has 3 aromatic rings. The number of rotatable bonds is 5. The van der Waals surface area contributed by atoms with Crippen molar-refractivity contribution < 1.29 is 18.8 Å². The van der Waals surface area contributed by atoms with Crippen molar-refractivity contribution in [3.63, 3.8) is 0 Å². The fourth-order valence-electron chi connectivity index (χ4n) is 4.93. The molecule has 0 unspecified atom stereocenters. The topological polar surface area (TPSA) is 98.0 Å². The molecule has 3 heterocycles. The first-order chi connectivity index (χ1) is 18.4. The molecule has 11 heteroatoms. The van der Waals surface area contributed by atoms with Crippen LogP contribution in [0.5, 0.6) is 0 Å². The molecule has 3 aliphatic rings. The molecule has 6 rings (SSSR count). The SMILES string of the molecule is O=C1[C@@H]2N=NN(CC(=O)N3N=C(c4ccc(Br)cc4)C[C@@H]3c3ccccc3)[C@H]2C(=O)N1c1cccc(F)c1. The van der Waals surface area contributed by atoms with Crippen LogP contribution in [-0.4, -0.2) is 52.1 Å². The van der Waals surface area contributed by atoms with Gasteiger partial charge in [-0.1, -0.05) is 69.7 Å². The van der Waals surface area contributed by atoms with Crippen molar-refractivity contribution in [3.8, 4) is 0 Å². The highest BCUT2D eigenvalue weighted by molar-refractivity contribution is 9.10. The number of hydrogen-bond acceptors (Lipinski definition) is 7. The van der Waals surface area contributed by atoms with E-state index in [2.05, 4.69) is 31.4 Å². The summed E-state index contributed by atoms with van der Waals surface area (Å²) in [5.74, 6) is -2.18. The third-order valence-electron chi connectivity index (χ3n) is 6.75. The number of carbonyl (C=O) groups excluding carboxylic acids is 3. The summed E-state index contributed by atoms with van der Waals surface area (Å²) < 4.78 is 14.7. The fraction of sp³-hybridized carbons (Fsp3) is 0.185. The summed E-state index contributed by atoms with van der Waals surface area (Å²) >= 11 is 3.44. The standard InChI is InChI=1S/C27H20BrFN6O3/c28-18-11-9-16(10-12-18)21-14-22(17-5-2-1-3-6-17)35(31-21)23(36)15-33-25-24(30-32-33)26(37)34(27(25)38)20-8-4-7-19(29)13-20/h1-13,22,24-25H,14-15H2/t22-,24-,25-/m1/s1. The number of halogens is 2. The molecule has 190 valence electrons. The summed E-state index contributed by atoms with van der Waals surface area (Å²) in [6.45, 7) is -0.304. The van der Waals surface area contributed by atoms with Crippen molar-refractivity contribution in [2.45, 2.75) is 24.5 Å². The van der Waals surface area contributed by atoms with Crippen molar-refractivity contribution in [3.05, 3.63) is 100 Å². The smallest absolute Gasteiger partial charge is 0.264 e. The second kappa shape index (κ2) is 9.56. The molecule has 0 aromatic heterocycles. The molecule has 0 saturated carbocycles. The van der Waals surface area contributed by atoms with E-state index in [1.165, 1.54) is 28.2 Å². The van der Waals surface area contributed by atoms with E-state index in [0.717, 1.165) is 32.3 Å². The van der Waals surface area contributed by atoms with Gasteiger partial charge < -0.3 is 0 Å². The third-order valence-corrected chi connectivity index (χ3v) is 7.28. The van der Waals surface area contributed by atoms with E-state index in [-0.39, 0.29) is 18.3 Å². The molecule has 0 N–H and O–H groups in total. The van der Waals surface area contributed by atoms with Crippen LogP contribution < -0.4 is 4.90 Å². The van der Waals surface area contributed by atoms with Crippen LogP contribution in [0.25, 0.3) is 0 Å². The van der Waals surface area contributed by atoms with Crippen LogP contribution in [0.3, 0.4) is 0 Å². The Morgan fingerprint density at radius 1 is 0.974 bits per heavy atom. The highest BCUT2D eigenvalue weighted by Gasteiger charge is 2.55. The van der Waals surface area contributed by atoms with E-state index in [1.54, 1.807) is 0 Å². The molecule has 9 nitrogen and oxygen atoms in total. The van der Waals surface area contributed by atoms with Gasteiger partial charge in [0.1, 0.15) is 12.4 Å². The lowest BCUT2D eigenvalue weighted by Crippen LogP contribution is -2.44. The molecule has 1 fully saturated rings. The van der Waals surface area contributed by atoms with E-state index < -0.39 is 35.6 Å². The number of anilines is 1. The molecule has 3 atom stereocenters. The van der Waals surface area contributed by atoms with Gasteiger partial charge in [0.2, 0.25) is 0 Å². The predicted molar refractivity (Wildman–Crippen MR) is 139 cm³/mol. The van der Waals surface area contributed by atoms with Gasteiger partial charge in [0.25, 0.3) is 17.7 Å². The molecular weight excluding hydrogens is 555 g/mol. The zero-order valence-corrected chi connectivity index (χ0v) is 21.4. The Morgan fingerprint density at radius 2 is 1.74 bits per heavy atom. The van der Waals surface area contributed by atoms with Gasteiger partial charge in [-0.3, -0.25) is 19.4 Å². The number of carbonyl (C=O) groups is 3. The van der Waals surface area contributed by atoms with Gasteiger partial charge in [-0.05, 0) is 41.5 Å². The van der Waals surface area contributed by atoms with Crippen molar-refractivity contribution in [2.24, 2.45) is 15.4 Å². The van der Waals surface area contributed by atoms with Crippen molar-refractivity contribution >= 4 is 45.1 Å². The molecule has 0 radical (unpaired) electrons. The summed E-state index contributed by atoms with van der Waals surface area (Å²) in [4.78, 5) is 40.7. The second-order valence-corrected chi connectivity index (χ2v) is 10.0. The lowest BCUT2D eigenvalue weighted by molar-refractivity contribution is -0.135. The Morgan fingerprint density at radius 3 is 2.47 bits per heavy atom. The molecule has 38 heavy (non-hydrogen) atoms. The maximum absolute atomic E-state index is 13.8. The summed E-state index contributed by atoms with van der Waals surface area (Å²) in [6, 6.07) is 20.0. The Labute approximate surface area is 225 Å². The van der Waals surface area contributed by atoms with Crippen LogP contribution in [0.4, 0.5) is 10.1 Å². The van der Waals surface area contributed by atoms with Crippen molar-refractivity contribution in [1.82, 2.24) is 10.0 Å². The summed E-state index contributed by atoms with van der Waals surface area (Å²) in [7, 11) is 0. The quantitative estimate of drug-likeness (QED) is 0.425. The van der Waals surface area contributed by atoms with Crippen LogP contribution in [-0.2, 0) is 14.4 Å². The summed E-state index contributed by atoms with van der Waals surface area (Å²) in [5.41, 5.74) is 2.68. The van der Waals surface area contributed by atoms with Crippen LogP contribution in [0.15, 0.2) is 98.8 Å². The number of hydrogen-bond donors (Lipinski definition) is 0. The van der Waals surface area contributed by atoms with Crippen molar-refractivity contribution in [1.29, 1.82) is 0 Å². The predicted octanol–water partition coefficient (Wildman–Crippen LogP) is 4.26. The van der Waals surface area contributed by atoms with Crippen LogP contribution in [0.2, 0.25) is 0 Å². The Balaban J connectivity index is 1.26. The number of amides is 3. The van der Waals surface area contributed by atoms with Crippen LogP contribution in [0.1, 0.15) is 23.6 Å². The molecule has 1 saturated heterocycles. The number of fused-ring (bicyclic) bond motifs is 1. The van der Waals surface area contributed by atoms with Gasteiger partial charge in [-0.25, -0.2) is 14.3 Å². The lowest BCUT2D eigenvalue weighted by atomic mass is 9.98. The molecule has 3 aromatic carbocycles. The maximum Gasteiger partial charge on any atom is 0.264 e. The molecule has 0 aliphatic carbocycles. The maximum atomic E-state index is 13.8. The highest BCUT2D eigenvalue weighted by atomic mass is 79.9. The molecule has 0 bridgehead atoms. The number of hydrazone groups is 1. The van der Waals surface area contributed by atoms with Gasteiger partial charge >= 0.3 is 0 Å². The summed E-state index contributed by atoms with van der Waals surface area (Å²) in [6.07, 6.45) is 0.510. The fourth-order valence-corrected chi connectivity index (χ4v) is 5.19. The van der Waals surface area contributed by atoms with Crippen LogP contribution in [0, 0.1) is 5.82 Å². The Kier molecular flexibility index (Phi) is 6.07. The number of benzene rings is 3. The van der Waals surface area contributed by atoms with Gasteiger partial charge in [0.15, 0.2) is 12.1 Å². The first kappa shape index (κ1) is 24.1. The molecule has 0 spiro atoms. The minimum absolute atomic E-state index is 0.114. The largest absolute Gasteiger partial charge is 0.271 e. The van der Waals surface area contributed by atoms with E-state index >= 15 is 0 Å². The molecule has 3 amide bonds. The normalized spacial score (nSPS) is 22.3. The lowest BCUT2D eigenvalue weighted by Gasteiger charge is -2.25. The van der Waals surface area contributed by atoms with E-state index in [0.29, 0.717) is 6.42 Å². The van der Waals surface area contributed by atoms with Gasteiger partial charge in [-0.2, -0.15) is 10.2 Å². The van der Waals surface area contributed by atoms with Gasteiger partial charge in [0.05, 0.1) is 17.4 Å². The van der Waals surface area contributed by atoms with E-state index in [4.69, 9.17) is 0 Å². The minimum Gasteiger partial charge on any atom is -0.271 e. The second-order valence-electron chi connectivity index (χ2n) is 9.11. The highest BCUT2D eigenvalue weighted by Crippen LogP contribution is 2.35. The summed E-state index contributed by atoms with van der Waals surface area (Å²) in [5, 5.41) is 15.3. The third kappa shape index (κ3) is 4.18. The monoisotopic (exact) mass is 574 g/mol. The van der Waals surface area contributed by atoms with Crippen molar-refractivity contribution in [2.75, 3.05) is 11.4 Å². The zero-order valence-electron chi connectivity index (χ0n) is 19.8. The van der Waals surface area contributed by atoms with Gasteiger partial charge in [-0.15, -0.1) is 0 Å². The average Bonchev–Trinajstić information content (AvgIpc) is 3.60. The number of imide groups is 1. The molecule has 3 aliphatic heterocycles. The first-order valence-corrected chi connectivity index (χ1v) is 12.7. The number of nitrogens with zero attached hydrogens (tertiary/aromatic N) is 6. The van der Waals surface area contributed by atoms with E-state index in [9.17, 15) is 18.8 Å². The molecular formula is C27H20BrFN6O3. The Bertz CT molecular complexity index is 1500. The average molecular weight is 575 g/mol. The Hall–Kier alpha value is -4.25. The van der Waals surface area contributed by atoms with Crippen LogP contribution >= 0.6 is 15.9 Å². The first-order valence-electron chi connectivity index (χ1n) is 11.9. The zero-order chi connectivity index (χ0) is 26.4. The van der Waals surface area contributed by atoms with E-state index in [1.807, 2.05) is 54.6 Å². The van der Waals surface area contributed by atoms with Gasteiger partial charge in [0, 0.05) is 10.9 Å².